The minimum atomic E-state index is -1.99. The summed E-state index contributed by atoms with van der Waals surface area (Å²) in [5, 5.41) is 55.6. The number of rotatable bonds is 31. The van der Waals surface area contributed by atoms with Gasteiger partial charge in [-0.2, -0.15) is 24.4 Å². The highest BCUT2D eigenvalue weighted by Gasteiger charge is 2.35. The third-order valence-corrected chi connectivity index (χ3v) is 11.6. The molecule has 0 unspecified atom stereocenters. The Bertz CT molecular complexity index is 2390. The number of carbonyl (C=O) groups is 11. The summed E-state index contributed by atoms with van der Waals surface area (Å²) in [5.41, 5.74) is 13.0. The number of aliphatic hydroxyl groups is 1. The molecule has 0 aliphatic heterocycles. The number of primary amides is 1. The Morgan fingerprint density at radius 1 is 0.606 bits per heavy atom. The summed E-state index contributed by atoms with van der Waals surface area (Å²) >= 11 is 5.49. The maximum Gasteiger partial charge on any atom is 0.326 e. The lowest BCUT2D eigenvalue weighted by Crippen LogP contribution is -2.61. The van der Waals surface area contributed by atoms with Crippen molar-refractivity contribution in [3.8, 4) is 0 Å². The van der Waals surface area contributed by atoms with Crippen LogP contribution in [0.3, 0.4) is 0 Å². The van der Waals surface area contributed by atoms with Crippen LogP contribution in [0.4, 0.5) is 0 Å². The number of thiol groups is 1. The molecule has 0 aliphatic carbocycles. The molecule has 1 aromatic heterocycles. The van der Waals surface area contributed by atoms with Crippen LogP contribution in [0, 0.1) is 0 Å². The van der Waals surface area contributed by atoms with Crippen LogP contribution >= 0.6 is 24.4 Å². The lowest BCUT2D eigenvalue weighted by atomic mass is 10.0. The van der Waals surface area contributed by atoms with Crippen LogP contribution in [-0.2, 0) is 65.6 Å². The molecule has 0 saturated carbocycles. The van der Waals surface area contributed by atoms with Crippen LogP contribution in [0.25, 0.3) is 10.9 Å². The van der Waals surface area contributed by atoms with Crippen LogP contribution in [0.5, 0.6) is 0 Å². The van der Waals surface area contributed by atoms with Gasteiger partial charge >= 0.3 is 17.9 Å². The zero-order chi connectivity index (χ0) is 52.8. The fourth-order valence-electron chi connectivity index (χ4n) is 6.79. The molecular formula is C44H58N10O15S2. The maximum absolute atomic E-state index is 14.0. The van der Waals surface area contributed by atoms with Gasteiger partial charge in [-0.25, -0.2) is 4.79 Å². The first-order chi connectivity index (χ1) is 33.7. The van der Waals surface area contributed by atoms with Crippen molar-refractivity contribution in [2.24, 2.45) is 11.5 Å². The number of carboxylic acid groups (broad SMARTS) is 3. The third-order valence-electron chi connectivity index (χ3n) is 10.6. The fraction of sp³-hybridized carbons (Fsp3) is 0.432. The van der Waals surface area contributed by atoms with Gasteiger partial charge in [0.1, 0.15) is 42.3 Å². The van der Waals surface area contributed by atoms with Crippen LogP contribution in [0.15, 0.2) is 60.8 Å². The minimum absolute atomic E-state index is 0.177. The summed E-state index contributed by atoms with van der Waals surface area (Å²) in [7, 11) is 0. The number of aromatic nitrogens is 1. The van der Waals surface area contributed by atoms with Crippen molar-refractivity contribution in [1.82, 2.24) is 42.2 Å². The van der Waals surface area contributed by atoms with Crippen LogP contribution in [-0.4, -0.2) is 163 Å². The van der Waals surface area contributed by atoms with E-state index in [-0.39, 0.29) is 19.3 Å². The average molecular weight is 1030 g/mol. The molecule has 386 valence electrons. The van der Waals surface area contributed by atoms with Crippen LogP contribution < -0.4 is 48.7 Å². The predicted molar refractivity (Wildman–Crippen MR) is 258 cm³/mol. The lowest BCUT2D eigenvalue weighted by molar-refractivity contribution is -0.143. The van der Waals surface area contributed by atoms with Crippen molar-refractivity contribution in [2.45, 2.75) is 93.3 Å². The zero-order valence-electron chi connectivity index (χ0n) is 38.3. The monoisotopic (exact) mass is 1030 g/mol. The fourth-order valence-corrected chi connectivity index (χ4v) is 7.53. The number of fused-ring (bicyclic) bond motifs is 1. The van der Waals surface area contributed by atoms with Gasteiger partial charge in [0, 0.05) is 42.1 Å². The summed E-state index contributed by atoms with van der Waals surface area (Å²) in [5.74, 6) is -13.3. The van der Waals surface area contributed by atoms with E-state index in [1.807, 2.05) is 0 Å². The smallest absolute Gasteiger partial charge is 0.326 e. The van der Waals surface area contributed by atoms with Gasteiger partial charge in [-0.3, -0.25) is 47.9 Å². The van der Waals surface area contributed by atoms with Gasteiger partial charge in [0.2, 0.25) is 47.3 Å². The van der Waals surface area contributed by atoms with Gasteiger partial charge in [-0.1, -0.05) is 48.5 Å². The van der Waals surface area contributed by atoms with Crippen molar-refractivity contribution in [3.63, 3.8) is 0 Å². The standard InChI is InChI=1S/C44H58N10O15S2/c1-71-14-13-25(45)37(61)48-27(11-12-35(57)58)38(62)53-32(20-55)42(66)49-28(15-22-7-3-2-4-8-22)39(63)50-29(17-34(46)56)40(64)51-30(18-36(59)60)41(65)54-33(21-70)43(67)52-31(44(68)69)16-23-19-47-26-10-6-5-9-24(23)26/h2-10,19,25,27-33,47,55,70H,11-18,20-21,45H2,1H3,(H2,46,56)(H,48,61)(H,49,66)(H,50,63)(H,51,64)(H,52,67)(H,53,62)(H,54,65)(H,57,58)(H,59,60)(H,68,69)/t25-,27-,28-,29-,30-,31-,32-,33-/m0/s1. The van der Waals surface area contributed by atoms with E-state index in [0.29, 0.717) is 27.8 Å². The largest absolute Gasteiger partial charge is 0.481 e. The Morgan fingerprint density at radius 3 is 1.69 bits per heavy atom. The van der Waals surface area contributed by atoms with E-state index in [1.165, 1.54) is 11.8 Å². The maximum atomic E-state index is 14.0. The summed E-state index contributed by atoms with van der Waals surface area (Å²) in [6.45, 7) is -1.08. The number of carboxylic acids is 3. The number of aromatic amines is 1. The SMILES string of the molecule is CSCC[C@H](N)C(=O)N[C@@H](CCC(=O)O)C(=O)N[C@@H](CO)C(=O)N[C@@H](Cc1ccccc1)C(=O)N[C@@H](CC(N)=O)C(=O)N[C@@H](CC(=O)O)C(=O)N[C@@H](CS)C(=O)N[C@@H](Cc1c[nH]c2ccccc12)C(=O)O. The molecule has 0 aliphatic rings. The first-order valence-electron chi connectivity index (χ1n) is 21.8. The van der Waals surface area contributed by atoms with Gasteiger partial charge < -0.3 is 74.1 Å². The minimum Gasteiger partial charge on any atom is -0.481 e. The molecule has 0 fully saturated rings. The van der Waals surface area contributed by atoms with Gasteiger partial charge in [0.25, 0.3) is 0 Å². The Kier molecular flexibility index (Phi) is 23.8. The van der Waals surface area contributed by atoms with Crippen molar-refractivity contribution < 1.29 is 73.2 Å². The second kappa shape index (κ2) is 29.1. The zero-order valence-corrected chi connectivity index (χ0v) is 40.0. The van der Waals surface area contributed by atoms with E-state index in [9.17, 15) is 73.2 Å². The molecule has 71 heavy (non-hydrogen) atoms. The molecule has 0 saturated heterocycles. The number of hydrogen-bond donors (Lipinski definition) is 15. The van der Waals surface area contributed by atoms with Gasteiger partial charge in [-0.05, 0) is 42.0 Å². The van der Waals surface area contributed by atoms with E-state index in [0.717, 1.165) is 0 Å². The Labute approximate surface area is 415 Å². The van der Waals surface area contributed by atoms with E-state index in [1.54, 1.807) is 67.0 Å². The number of hydrogen-bond acceptors (Lipinski definition) is 15. The molecule has 3 aromatic rings. The number of nitrogens with one attached hydrogen (secondary N) is 8. The second-order valence-electron chi connectivity index (χ2n) is 16.0. The van der Waals surface area contributed by atoms with E-state index >= 15 is 0 Å². The van der Waals surface area contributed by atoms with E-state index in [2.05, 4.69) is 54.8 Å². The first kappa shape index (κ1) is 58.1. The number of carbonyl (C=O) groups excluding carboxylic acids is 8. The molecule has 16 N–H and O–H groups in total. The summed E-state index contributed by atoms with van der Waals surface area (Å²) in [6.07, 6.45) is -0.00362. The number of H-pyrrole nitrogens is 1. The molecule has 0 bridgehead atoms. The molecular weight excluding hydrogens is 973 g/mol. The Balaban J connectivity index is 1.81. The Hall–Kier alpha value is -7.23. The quantitative estimate of drug-likeness (QED) is 0.0280. The van der Waals surface area contributed by atoms with Crippen LogP contribution in [0.1, 0.15) is 43.2 Å². The topological polar surface area (TPSA) is 421 Å². The van der Waals surface area contributed by atoms with E-state index in [4.69, 9.17) is 11.5 Å². The number of aliphatic hydroxyl groups excluding tert-OH is 1. The number of amides is 8. The molecule has 3 rings (SSSR count). The summed E-state index contributed by atoms with van der Waals surface area (Å²) in [6, 6.07) is 1.87. The molecule has 0 spiro atoms. The number of aliphatic carboxylic acids is 3. The van der Waals surface area contributed by atoms with Gasteiger partial charge in [-0.15, -0.1) is 0 Å². The molecule has 2 aromatic carbocycles. The number of para-hydroxylation sites is 1. The van der Waals surface area contributed by atoms with Crippen molar-refractivity contribution in [2.75, 3.05) is 24.4 Å². The molecule has 8 atom stereocenters. The highest BCUT2D eigenvalue weighted by atomic mass is 32.2. The lowest BCUT2D eigenvalue weighted by Gasteiger charge is -2.27. The number of benzene rings is 2. The molecule has 8 amide bonds. The van der Waals surface area contributed by atoms with Crippen molar-refractivity contribution in [3.05, 3.63) is 71.9 Å². The van der Waals surface area contributed by atoms with E-state index < -0.39 is 152 Å². The van der Waals surface area contributed by atoms with Gasteiger partial charge in [0.15, 0.2) is 0 Å². The van der Waals surface area contributed by atoms with Crippen molar-refractivity contribution >= 4 is 100 Å². The molecule has 27 heteroatoms. The first-order valence-corrected chi connectivity index (χ1v) is 23.8. The third kappa shape index (κ3) is 19.2. The average Bonchev–Trinajstić information content (AvgIpc) is 3.73. The summed E-state index contributed by atoms with van der Waals surface area (Å²) < 4.78 is 0. The van der Waals surface area contributed by atoms with Gasteiger partial charge in [0.05, 0.1) is 25.5 Å². The molecule has 0 radical (unpaired) electrons. The number of thioether (sulfide) groups is 1. The molecule has 1 heterocycles. The second-order valence-corrected chi connectivity index (χ2v) is 17.3. The Morgan fingerprint density at radius 2 is 1.11 bits per heavy atom. The highest BCUT2D eigenvalue weighted by molar-refractivity contribution is 7.98. The van der Waals surface area contributed by atoms with Crippen molar-refractivity contribution in [1.29, 1.82) is 0 Å². The summed E-state index contributed by atoms with van der Waals surface area (Å²) in [4.78, 5) is 145. The van der Waals surface area contributed by atoms with Crippen LogP contribution in [0.2, 0.25) is 0 Å². The number of nitrogens with two attached hydrogens (primary N) is 2. The predicted octanol–water partition coefficient (Wildman–Crippen LogP) is -3.35. The normalized spacial score (nSPS) is 14.4. The molecule has 25 nitrogen and oxygen atoms in total. The highest BCUT2D eigenvalue weighted by Crippen LogP contribution is 2.19.